The second-order valence-electron chi connectivity index (χ2n) is 9.40. The summed E-state index contributed by atoms with van der Waals surface area (Å²) < 4.78 is 17.5. The number of anilines is 2. The molecule has 1 aliphatic carbocycles. The lowest BCUT2D eigenvalue weighted by Gasteiger charge is -2.24. The fraction of sp³-hybridized carbons (Fsp3) is 0.385. The molecule has 1 amide bonds. The Morgan fingerprint density at radius 3 is 2.97 bits per heavy atom. The van der Waals surface area contributed by atoms with Crippen molar-refractivity contribution in [1.82, 2.24) is 15.3 Å². The van der Waals surface area contributed by atoms with E-state index in [1.807, 2.05) is 18.2 Å². The van der Waals surface area contributed by atoms with Crippen LogP contribution in [-0.4, -0.2) is 47.8 Å². The molecule has 0 radical (unpaired) electrons. The Balaban J connectivity index is 1.44. The number of halogens is 1. The number of aromatic amines is 1. The Bertz CT molecular complexity index is 1280. The molecule has 9 heteroatoms. The molecule has 35 heavy (non-hydrogen) atoms. The number of para-hydroxylation sites is 1. The molecule has 0 bridgehead atoms. The van der Waals surface area contributed by atoms with E-state index >= 15 is 0 Å². The van der Waals surface area contributed by atoms with E-state index in [9.17, 15) is 4.79 Å². The standard InChI is InChI=1S/C26H27ClN4O4/c1-33-24-17(27)5-2-6-18(24)29-23-21-19(12-26(8-9-26)31-25(21)32)30-22(23)16-7-10-28-13-20(16)35-14-15-4-3-11-34-15/h2,5-7,10,13,15,29-30H,3-4,8-9,11-12,14H2,1H3,(H,31,32). The number of nitrogens with one attached hydrogen (secondary N) is 3. The zero-order valence-corrected chi connectivity index (χ0v) is 20.2. The molecule has 1 unspecified atom stereocenters. The second-order valence-corrected chi connectivity index (χ2v) is 9.81. The Morgan fingerprint density at radius 1 is 1.31 bits per heavy atom. The van der Waals surface area contributed by atoms with Crippen LogP contribution in [0.1, 0.15) is 41.7 Å². The summed E-state index contributed by atoms with van der Waals surface area (Å²) in [5.41, 5.74) is 4.27. The Kier molecular flexibility index (Phi) is 5.57. The van der Waals surface area contributed by atoms with Crippen molar-refractivity contribution < 1.29 is 19.0 Å². The number of ether oxygens (including phenoxy) is 3. The quantitative estimate of drug-likeness (QED) is 0.434. The van der Waals surface area contributed by atoms with Crippen LogP contribution in [0.4, 0.5) is 11.4 Å². The zero-order chi connectivity index (χ0) is 24.0. The van der Waals surface area contributed by atoms with Gasteiger partial charge >= 0.3 is 0 Å². The van der Waals surface area contributed by atoms with Crippen LogP contribution in [0, 0.1) is 0 Å². The minimum Gasteiger partial charge on any atom is -0.493 e. The van der Waals surface area contributed by atoms with Crippen molar-refractivity contribution in [2.45, 2.75) is 43.7 Å². The van der Waals surface area contributed by atoms with Crippen LogP contribution in [0.25, 0.3) is 11.3 Å². The molecule has 2 aromatic heterocycles. The molecule has 2 fully saturated rings. The van der Waals surface area contributed by atoms with Gasteiger partial charge in [0.15, 0.2) is 5.75 Å². The first-order valence-electron chi connectivity index (χ1n) is 11.9. The fourth-order valence-corrected chi connectivity index (χ4v) is 5.26. The maximum Gasteiger partial charge on any atom is 0.255 e. The number of hydrogen-bond acceptors (Lipinski definition) is 6. The van der Waals surface area contributed by atoms with Crippen LogP contribution < -0.4 is 20.1 Å². The number of aromatic nitrogens is 2. The molecule has 1 spiro atoms. The predicted octanol–water partition coefficient (Wildman–Crippen LogP) is 4.86. The Labute approximate surface area is 208 Å². The molecule has 1 aromatic carbocycles. The van der Waals surface area contributed by atoms with Crippen LogP contribution in [0.3, 0.4) is 0 Å². The molecule has 1 saturated carbocycles. The molecule has 4 heterocycles. The van der Waals surface area contributed by atoms with Gasteiger partial charge in [0.2, 0.25) is 0 Å². The van der Waals surface area contributed by atoms with Crippen LogP contribution >= 0.6 is 11.6 Å². The highest BCUT2D eigenvalue weighted by Crippen LogP contribution is 2.48. The first-order valence-corrected chi connectivity index (χ1v) is 12.3. The van der Waals surface area contributed by atoms with Crippen molar-refractivity contribution in [3.05, 3.63) is 52.9 Å². The molecule has 6 rings (SSSR count). The van der Waals surface area contributed by atoms with Gasteiger partial charge in [-0.3, -0.25) is 9.78 Å². The normalized spacial score (nSPS) is 19.8. The molecule has 3 aliphatic rings. The summed E-state index contributed by atoms with van der Waals surface area (Å²) in [5.74, 6) is 1.05. The van der Waals surface area contributed by atoms with Gasteiger partial charge in [-0.1, -0.05) is 17.7 Å². The third-order valence-corrected chi connectivity index (χ3v) is 7.28. The van der Waals surface area contributed by atoms with Gasteiger partial charge in [0.25, 0.3) is 5.91 Å². The second kappa shape index (κ2) is 8.77. The minimum atomic E-state index is -0.130. The van der Waals surface area contributed by atoms with Crippen LogP contribution in [0.2, 0.25) is 5.02 Å². The number of nitrogens with zero attached hydrogens (tertiary/aromatic N) is 1. The predicted molar refractivity (Wildman–Crippen MR) is 133 cm³/mol. The van der Waals surface area contributed by atoms with Gasteiger partial charge in [0.05, 0.1) is 47.1 Å². The van der Waals surface area contributed by atoms with Crippen LogP contribution in [0.5, 0.6) is 11.5 Å². The first kappa shape index (κ1) is 22.2. The van der Waals surface area contributed by atoms with Gasteiger partial charge in [0, 0.05) is 36.0 Å². The monoisotopic (exact) mass is 494 g/mol. The number of rotatable bonds is 7. The van der Waals surface area contributed by atoms with Gasteiger partial charge < -0.3 is 29.8 Å². The third-order valence-electron chi connectivity index (χ3n) is 6.99. The van der Waals surface area contributed by atoms with E-state index in [0.29, 0.717) is 40.1 Å². The molecular formula is C26H27ClN4O4. The highest BCUT2D eigenvalue weighted by Gasteiger charge is 2.49. The lowest BCUT2D eigenvalue weighted by atomic mass is 9.98. The average molecular weight is 495 g/mol. The molecule has 1 atom stereocenters. The first-order chi connectivity index (χ1) is 17.1. The maximum absolute atomic E-state index is 13.3. The summed E-state index contributed by atoms with van der Waals surface area (Å²) in [6.45, 7) is 1.22. The van der Waals surface area contributed by atoms with Gasteiger partial charge in [-0.25, -0.2) is 0 Å². The largest absolute Gasteiger partial charge is 0.493 e. The van der Waals surface area contributed by atoms with Gasteiger partial charge in [-0.2, -0.15) is 0 Å². The van der Waals surface area contributed by atoms with Gasteiger partial charge in [0.1, 0.15) is 12.4 Å². The molecule has 1 saturated heterocycles. The number of fused-ring (bicyclic) bond motifs is 1. The summed E-state index contributed by atoms with van der Waals surface area (Å²) in [5, 5.41) is 7.14. The maximum atomic E-state index is 13.3. The van der Waals surface area contributed by atoms with E-state index in [2.05, 4.69) is 20.6 Å². The fourth-order valence-electron chi connectivity index (χ4n) is 5.01. The lowest BCUT2D eigenvalue weighted by Crippen LogP contribution is -2.43. The van der Waals surface area contributed by atoms with Crippen LogP contribution in [0.15, 0.2) is 36.7 Å². The minimum absolute atomic E-state index is 0.0775. The SMILES string of the molecule is COc1c(Cl)cccc1Nc1c(-c2ccncc2OCC2CCCO2)[nH]c2c1C(=O)NC1(CC1)C2. The number of hydrogen-bond donors (Lipinski definition) is 3. The molecule has 2 aliphatic heterocycles. The molecular weight excluding hydrogens is 468 g/mol. The van der Waals surface area contributed by atoms with Gasteiger partial charge in [-0.05, 0) is 43.9 Å². The zero-order valence-electron chi connectivity index (χ0n) is 19.4. The van der Waals surface area contributed by atoms with Crippen molar-refractivity contribution in [3.8, 4) is 22.8 Å². The number of pyridine rings is 1. The van der Waals surface area contributed by atoms with E-state index in [-0.39, 0.29) is 17.6 Å². The summed E-state index contributed by atoms with van der Waals surface area (Å²) in [4.78, 5) is 21.1. The Morgan fingerprint density at radius 2 is 2.20 bits per heavy atom. The van der Waals surface area contributed by atoms with Crippen LogP contribution in [-0.2, 0) is 11.2 Å². The molecule has 3 N–H and O–H groups in total. The smallest absolute Gasteiger partial charge is 0.255 e. The van der Waals surface area contributed by atoms with E-state index in [1.54, 1.807) is 25.6 Å². The molecule has 8 nitrogen and oxygen atoms in total. The number of benzene rings is 1. The summed E-state index contributed by atoms with van der Waals surface area (Å²) in [6.07, 6.45) is 8.27. The number of carbonyl (C=O) groups is 1. The summed E-state index contributed by atoms with van der Waals surface area (Å²) in [6, 6.07) is 7.38. The van der Waals surface area contributed by atoms with Crippen molar-refractivity contribution in [1.29, 1.82) is 0 Å². The number of methoxy groups -OCH3 is 1. The van der Waals surface area contributed by atoms with E-state index < -0.39 is 0 Å². The van der Waals surface area contributed by atoms with E-state index in [0.717, 1.165) is 55.7 Å². The number of amides is 1. The number of H-pyrrole nitrogens is 1. The summed E-state index contributed by atoms with van der Waals surface area (Å²) in [7, 11) is 1.57. The average Bonchev–Trinajstić information content (AvgIpc) is 3.24. The van der Waals surface area contributed by atoms with Crippen molar-refractivity contribution in [2.75, 3.05) is 25.6 Å². The van der Waals surface area contributed by atoms with Crippen molar-refractivity contribution in [2.24, 2.45) is 0 Å². The lowest BCUT2D eigenvalue weighted by molar-refractivity contribution is 0.0680. The van der Waals surface area contributed by atoms with Crippen molar-refractivity contribution in [3.63, 3.8) is 0 Å². The highest BCUT2D eigenvalue weighted by molar-refractivity contribution is 6.32. The van der Waals surface area contributed by atoms with Crippen molar-refractivity contribution >= 4 is 28.9 Å². The Hall–Kier alpha value is -3.23. The molecule has 182 valence electrons. The molecule has 3 aromatic rings. The highest BCUT2D eigenvalue weighted by atomic mass is 35.5. The van der Waals surface area contributed by atoms with E-state index in [1.165, 1.54) is 0 Å². The topological polar surface area (TPSA) is 97.5 Å². The third kappa shape index (κ3) is 4.10. The van der Waals surface area contributed by atoms with Gasteiger partial charge in [-0.15, -0.1) is 0 Å². The van der Waals surface area contributed by atoms with E-state index in [4.69, 9.17) is 25.8 Å². The number of carbonyl (C=O) groups excluding carboxylic acids is 1. The summed E-state index contributed by atoms with van der Waals surface area (Å²) >= 11 is 6.38.